The normalized spacial score (nSPS) is 12.0. The first-order chi connectivity index (χ1) is 11.1. The monoisotopic (exact) mass is 365 g/mol. The van der Waals surface area contributed by atoms with Crippen molar-refractivity contribution < 1.29 is 35.3 Å². The molecule has 0 aromatic carbocycles. The van der Waals surface area contributed by atoms with Gasteiger partial charge in [-0.1, -0.05) is 0 Å². The maximum Gasteiger partial charge on any atom is 0.534 e. The van der Waals surface area contributed by atoms with Gasteiger partial charge < -0.3 is 8.92 Å². The summed E-state index contributed by atoms with van der Waals surface area (Å²) in [6, 6.07) is 3.49. The highest BCUT2D eigenvalue weighted by atomic mass is 32.2. The lowest BCUT2D eigenvalue weighted by molar-refractivity contribution is -0.0500. The van der Waals surface area contributed by atoms with E-state index in [2.05, 4.69) is 19.4 Å². The zero-order valence-electron chi connectivity index (χ0n) is 12.0. The fourth-order valence-electron chi connectivity index (χ4n) is 1.52. The molecule has 0 spiro atoms. The SMILES string of the molecule is CCOC(=O)c1cc(-c2ccc(OS(=O)(=O)C(F)(F)F)cn2)n[nH]1. The summed E-state index contributed by atoms with van der Waals surface area (Å²) in [4.78, 5) is 15.2. The van der Waals surface area contributed by atoms with Crippen LogP contribution in [0.3, 0.4) is 0 Å². The molecule has 24 heavy (non-hydrogen) atoms. The number of aromatic nitrogens is 3. The second-order valence-electron chi connectivity index (χ2n) is 4.25. The molecule has 130 valence electrons. The van der Waals surface area contributed by atoms with Crippen molar-refractivity contribution in [3.05, 3.63) is 30.1 Å². The van der Waals surface area contributed by atoms with E-state index < -0.39 is 27.3 Å². The van der Waals surface area contributed by atoms with Gasteiger partial charge in [0, 0.05) is 6.07 Å². The molecule has 0 saturated carbocycles. The van der Waals surface area contributed by atoms with Crippen molar-refractivity contribution in [1.82, 2.24) is 15.2 Å². The van der Waals surface area contributed by atoms with Crippen LogP contribution in [-0.4, -0.2) is 41.7 Å². The first kappa shape index (κ1) is 17.7. The zero-order valence-corrected chi connectivity index (χ0v) is 12.8. The minimum atomic E-state index is -5.76. The Morgan fingerprint density at radius 1 is 1.29 bits per heavy atom. The molecule has 0 unspecified atom stereocenters. The van der Waals surface area contributed by atoms with Crippen LogP contribution >= 0.6 is 0 Å². The Kier molecular flexibility index (Phi) is 4.78. The van der Waals surface area contributed by atoms with Gasteiger partial charge in [-0.15, -0.1) is 0 Å². The molecule has 2 rings (SSSR count). The highest BCUT2D eigenvalue weighted by Gasteiger charge is 2.48. The van der Waals surface area contributed by atoms with Crippen molar-refractivity contribution in [2.24, 2.45) is 0 Å². The smallest absolute Gasteiger partial charge is 0.461 e. The topological polar surface area (TPSA) is 111 Å². The first-order valence-corrected chi connectivity index (χ1v) is 7.74. The molecule has 2 heterocycles. The lowest BCUT2D eigenvalue weighted by Gasteiger charge is -2.08. The molecule has 12 heteroatoms. The number of halogens is 3. The summed E-state index contributed by atoms with van der Waals surface area (Å²) < 4.78 is 67.1. The first-order valence-electron chi connectivity index (χ1n) is 6.33. The Morgan fingerprint density at radius 3 is 2.54 bits per heavy atom. The largest absolute Gasteiger partial charge is 0.534 e. The molecular weight excluding hydrogens is 355 g/mol. The molecule has 2 aromatic heterocycles. The summed E-state index contributed by atoms with van der Waals surface area (Å²) in [5.41, 5.74) is -5.09. The summed E-state index contributed by atoms with van der Waals surface area (Å²) in [6.07, 6.45) is 0.789. The van der Waals surface area contributed by atoms with E-state index in [0.717, 1.165) is 12.3 Å². The number of H-pyrrole nitrogens is 1. The molecule has 0 aliphatic heterocycles. The molecule has 0 atom stereocenters. The third kappa shape index (κ3) is 3.82. The third-order valence-electron chi connectivity index (χ3n) is 2.56. The Balaban J connectivity index is 2.17. The van der Waals surface area contributed by atoms with E-state index in [0.29, 0.717) is 0 Å². The van der Waals surface area contributed by atoms with Gasteiger partial charge in [-0.25, -0.2) is 4.79 Å². The van der Waals surface area contributed by atoms with Gasteiger partial charge in [0.15, 0.2) is 5.75 Å². The van der Waals surface area contributed by atoms with Gasteiger partial charge in [-0.2, -0.15) is 26.7 Å². The van der Waals surface area contributed by atoms with Crippen LogP contribution in [0.2, 0.25) is 0 Å². The number of nitrogens with one attached hydrogen (secondary N) is 1. The van der Waals surface area contributed by atoms with Crippen molar-refractivity contribution in [2.75, 3.05) is 6.61 Å². The van der Waals surface area contributed by atoms with E-state index in [1.54, 1.807) is 6.92 Å². The van der Waals surface area contributed by atoms with E-state index in [1.807, 2.05) is 0 Å². The average Bonchev–Trinajstić information content (AvgIpc) is 2.96. The Hall–Kier alpha value is -2.63. The molecule has 0 aliphatic carbocycles. The number of ether oxygens (including phenoxy) is 1. The van der Waals surface area contributed by atoms with Gasteiger partial charge in [0.05, 0.1) is 18.5 Å². The van der Waals surface area contributed by atoms with Gasteiger partial charge in [0.2, 0.25) is 0 Å². The fourth-order valence-corrected chi connectivity index (χ4v) is 1.97. The van der Waals surface area contributed by atoms with E-state index >= 15 is 0 Å². The van der Waals surface area contributed by atoms with Crippen LogP contribution in [0.15, 0.2) is 24.4 Å². The molecule has 0 amide bonds. The van der Waals surface area contributed by atoms with Gasteiger partial charge in [0.1, 0.15) is 11.4 Å². The van der Waals surface area contributed by atoms with Crippen LogP contribution in [0.1, 0.15) is 17.4 Å². The molecule has 0 aliphatic rings. The van der Waals surface area contributed by atoms with Crippen LogP contribution in [0.5, 0.6) is 5.75 Å². The Labute approximate surface area is 133 Å². The maximum atomic E-state index is 12.2. The highest BCUT2D eigenvalue weighted by Crippen LogP contribution is 2.27. The molecule has 0 radical (unpaired) electrons. The van der Waals surface area contributed by atoms with Crippen molar-refractivity contribution >= 4 is 16.1 Å². The summed E-state index contributed by atoms with van der Waals surface area (Å²) >= 11 is 0. The van der Waals surface area contributed by atoms with Crippen LogP contribution in [-0.2, 0) is 14.9 Å². The van der Waals surface area contributed by atoms with Gasteiger partial charge in [-0.05, 0) is 19.1 Å². The molecule has 0 saturated heterocycles. The summed E-state index contributed by atoms with van der Waals surface area (Å²) in [5, 5.41) is 6.23. The second-order valence-corrected chi connectivity index (χ2v) is 5.79. The second kappa shape index (κ2) is 6.47. The Morgan fingerprint density at radius 2 is 2.00 bits per heavy atom. The number of carbonyl (C=O) groups excluding carboxylic acids is 1. The number of rotatable bonds is 5. The van der Waals surface area contributed by atoms with Crippen molar-refractivity contribution in [3.63, 3.8) is 0 Å². The lowest BCUT2D eigenvalue weighted by Crippen LogP contribution is -2.28. The number of hydrogen-bond donors (Lipinski definition) is 1. The van der Waals surface area contributed by atoms with E-state index in [4.69, 9.17) is 4.74 Å². The predicted octanol–water partition coefficient (Wildman–Crippen LogP) is 1.88. The number of carbonyl (C=O) groups is 1. The maximum absolute atomic E-state index is 12.2. The van der Waals surface area contributed by atoms with Crippen molar-refractivity contribution in [3.8, 4) is 17.1 Å². The fraction of sp³-hybridized carbons (Fsp3) is 0.250. The number of esters is 1. The van der Waals surface area contributed by atoms with Crippen LogP contribution in [0.4, 0.5) is 13.2 Å². The standard InChI is InChI=1S/C12H10F3N3O5S/c1-2-22-11(19)10-5-9(17-18-10)8-4-3-7(6-16-8)23-24(20,21)12(13,14)15/h3-6H,2H2,1H3,(H,17,18). The minimum Gasteiger partial charge on any atom is -0.461 e. The van der Waals surface area contributed by atoms with Gasteiger partial charge in [-0.3, -0.25) is 10.1 Å². The molecule has 8 nitrogen and oxygen atoms in total. The average molecular weight is 365 g/mol. The van der Waals surface area contributed by atoms with Gasteiger partial charge in [0.25, 0.3) is 0 Å². The number of hydrogen-bond acceptors (Lipinski definition) is 7. The Bertz CT molecular complexity index is 830. The summed E-state index contributed by atoms with van der Waals surface area (Å²) in [6.45, 7) is 1.80. The summed E-state index contributed by atoms with van der Waals surface area (Å²) in [7, 11) is -5.76. The third-order valence-corrected chi connectivity index (χ3v) is 3.54. The number of alkyl halides is 3. The van der Waals surface area contributed by atoms with Crippen molar-refractivity contribution in [1.29, 1.82) is 0 Å². The molecule has 2 aromatic rings. The quantitative estimate of drug-likeness (QED) is 0.489. The molecule has 1 N–H and O–H groups in total. The molecule has 0 fully saturated rings. The van der Waals surface area contributed by atoms with E-state index in [-0.39, 0.29) is 23.7 Å². The zero-order chi connectivity index (χ0) is 18.0. The van der Waals surface area contributed by atoms with Crippen molar-refractivity contribution in [2.45, 2.75) is 12.4 Å². The molecular formula is C12H10F3N3O5S. The van der Waals surface area contributed by atoms with Crippen LogP contribution in [0.25, 0.3) is 11.4 Å². The van der Waals surface area contributed by atoms with E-state index in [9.17, 15) is 26.4 Å². The number of nitrogens with zero attached hydrogens (tertiary/aromatic N) is 2. The van der Waals surface area contributed by atoms with E-state index in [1.165, 1.54) is 12.1 Å². The predicted molar refractivity (Wildman–Crippen MR) is 73.4 cm³/mol. The number of aromatic amines is 1. The van der Waals surface area contributed by atoms with Crippen LogP contribution in [0, 0.1) is 0 Å². The number of pyridine rings is 1. The summed E-state index contributed by atoms with van der Waals surface area (Å²) in [5.74, 6) is -1.25. The van der Waals surface area contributed by atoms with Gasteiger partial charge >= 0.3 is 21.6 Å². The van der Waals surface area contributed by atoms with Crippen LogP contribution < -0.4 is 4.18 Å². The highest BCUT2D eigenvalue weighted by molar-refractivity contribution is 7.87. The lowest BCUT2D eigenvalue weighted by atomic mass is 10.2. The molecule has 0 bridgehead atoms. The minimum absolute atomic E-state index is 0.0635.